The first-order chi connectivity index (χ1) is 11.0. The third kappa shape index (κ3) is 3.02. The molecule has 0 spiro atoms. The molecule has 0 aliphatic carbocycles. The van der Waals surface area contributed by atoms with Crippen molar-refractivity contribution >= 4 is 11.8 Å². The zero-order chi connectivity index (χ0) is 16.6. The van der Waals surface area contributed by atoms with Crippen molar-refractivity contribution in [1.29, 1.82) is 0 Å². The first-order valence-electron chi connectivity index (χ1n) is 8.26. The highest BCUT2D eigenvalue weighted by atomic mass is 16.2. The van der Waals surface area contributed by atoms with Gasteiger partial charge in [-0.2, -0.15) is 0 Å². The van der Waals surface area contributed by atoms with Crippen LogP contribution >= 0.6 is 0 Å². The Morgan fingerprint density at radius 2 is 1.96 bits per heavy atom. The van der Waals surface area contributed by atoms with Gasteiger partial charge in [0.05, 0.1) is 18.2 Å². The number of hydrogen-bond donors (Lipinski definition) is 0. The van der Waals surface area contributed by atoms with Crippen LogP contribution in [-0.2, 0) is 22.6 Å². The minimum atomic E-state index is -0.0454. The second kappa shape index (κ2) is 6.18. The fraction of sp³-hybridized carbons (Fsp3) is 0.588. The van der Waals surface area contributed by atoms with Crippen LogP contribution in [0.2, 0.25) is 0 Å². The van der Waals surface area contributed by atoms with Gasteiger partial charge in [-0.3, -0.25) is 9.59 Å². The van der Waals surface area contributed by atoms with Gasteiger partial charge in [0, 0.05) is 38.3 Å². The molecule has 2 amide bonds. The van der Waals surface area contributed by atoms with Crippen molar-refractivity contribution in [3.05, 3.63) is 29.9 Å². The predicted octanol–water partition coefficient (Wildman–Crippen LogP) is 1.38. The highest BCUT2D eigenvalue weighted by Crippen LogP contribution is 2.26. The number of carbonyl (C=O) groups is 2. The van der Waals surface area contributed by atoms with Crippen LogP contribution < -0.4 is 0 Å². The van der Waals surface area contributed by atoms with Crippen molar-refractivity contribution in [3.8, 4) is 0 Å². The molecule has 0 fully saturated rings. The van der Waals surface area contributed by atoms with Gasteiger partial charge in [-0.1, -0.05) is 26.0 Å². The molecule has 23 heavy (non-hydrogen) atoms. The SMILES string of the molecule is CC(C)C(=O)N1CCn2cc(CC(=O)N3CC=CC3)nc2[C@H]1C. The fourth-order valence-corrected chi connectivity index (χ4v) is 3.21. The number of rotatable bonds is 3. The summed E-state index contributed by atoms with van der Waals surface area (Å²) in [7, 11) is 0. The molecular formula is C17H24N4O2. The number of hydrogen-bond acceptors (Lipinski definition) is 3. The Balaban J connectivity index is 1.72. The molecule has 0 unspecified atom stereocenters. The molecule has 1 aromatic heterocycles. The lowest BCUT2D eigenvalue weighted by atomic mass is 10.1. The number of fused-ring (bicyclic) bond motifs is 1. The number of nitrogens with zero attached hydrogens (tertiary/aromatic N) is 4. The smallest absolute Gasteiger partial charge is 0.229 e. The van der Waals surface area contributed by atoms with Crippen LogP contribution in [-0.4, -0.2) is 50.8 Å². The molecule has 2 aliphatic rings. The summed E-state index contributed by atoms with van der Waals surface area (Å²) >= 11 is 0. The van der Waals surface area contributed by atoms with Crippen LogP contribution in [0.25, 0.3) is 0 Å². The minimum absolute atomic E-state index is 0.0114. The molecule has 3 heterocycles. The van der Waals surface area contributed by atoms with E-state index in [1.165, 1.54) is 0 Å². The molecule has 0 saturated carbocycles. The van der Waals surface area contributed by atoms with E-state index in [9.17, 15) is 9.59 Å². The molecule has 6 heteroatoms. The average Bonchev–Trinajstić information content (AvgIpc) is 3.16. The molecule has 124 valence electrons. The molecule has 2 aliphatic heterocycles. The van der Waals surface area contributed by atoms with E-state index < -0.39 is 0 Å². The Labute approximate surface area is 136 Å². The van der Waals surface area contributed by atoms with E-state index in [1.807, 2.05) is 48.9 Å². The maximum absolute atomic E-state index is 12.3. The third-order valence-electron chi connectivity index (χ3n) is 4.56. The summed E-state index contributed by atoms with van der Waals surface area (Å²) in [6.45, 7) is 8.68. The molecule has 0 N–H and O–H groups in total. The molecular weight excluding hydrogens is 292 g/mol. The van der Waals surface area contributed by atoms with E-state index >= 15 is 0 Å². The van der Waals surface area contributed by atoms with Gasteiger partial charge in [-0.15, -0.1) is 0 Å². The fourth-order valence-electron chi connectivity index (χ4n) is 3.21. The lowest BCUT2D eigenvalue weighted by molar-refractivity contribution is -0.137. The van der Waals surface area contributed by atoms with E-state index in [4.69, 9.17) is 0 Å². The van der Waals surface area contributed by atoms with Gasteiger partial charge in [0.2, 0.25) is 11.8 Å². The first-order valence-corrected chi connectivity index (χ1v) is 8.26. The monoisotopic (exact) mass is 316 g/mol. The van der Waals surface area contributed by atoms with Crippen molar-refractivity contribution in [1.82, 2.24) is 19.4 Å². The van der Waals surface area contributed by atoms with Gasteiger partial charge in [0.25, 0.3) is 0 Å². The summed E-state index contributed by atoms with van der Waals surface area (Å²) in [4.78, 5) is 32.9. The van der Waals surface area contributed by atoms with E-state index in [0.717, 1.165) is 18.1 Å². The first kappa shape index (κ1) is 15.8. The largest absolute Gasteiger partial charge is 0.335 e. The van der Waals surface area contributed by atoms with Gasteiger partial charge in [0.15, 0.2) is 0 Å². The van der Waals surface area contributed by atoms with Crippen molar-refractivity contribution in [2.24, 2.45) is 5.92 Å². The summed E-state index contributed by atoms with van der Waals surface area (Å²) in [5.41, 5.74) is 0.794. The van der Waals surface area contributed by atoms with Gasteiger partial charge in [-0.05, 0) is 6.92 Å². The Hall–Kier alpha value is -2.11. The van der Waals surface area contributed by atoms with Crippen LogP contribution in [0.4, 0.5) is 0 Å². The van der Waals surface area contributed by atoms with Crippen LogP contribution in [0, 0.1) is 5.92 Å². The van der Waals surface area contributed by atoms with Crippen molar-refractivity contribution in [3.63, 3.8) is 0 Å². The van der Waals surface area contributed by atoms with Crippen LogP contribution in [0.15, 0.2) is 18.3 Å². The molecule has 1 atom stereocenters. The standard InChI is InChI=1S/C17H24N4O2/c1-12(2)17(23)21-9-8-20-11-14(18-16(20)13(21)3)10-15(22)19-6-4-5-7-19/h4-5,11-13H,6-10H2,1-3H3/t13-/m1/s1. The lowest BCUT2D eigenvalue weighted by Gasteiger charge is -2.34. The number of amides is 2. The van der Waals surface area contributed by atoms with E-state index in [-0.39, 0.29) is 23.8 Å². The molecule has 1 aromatic rings. The Morgan fingerprint density at radius 1 is 1.26 bits per heavy atom. The topological polar surface area (TPSA) is 58.4 Å². The highest BCUT2D eigenvalue weighted by molar-refractivity contribution is 5.79. The molecule has 0 saturated heterocycles. The molecule has 3 rings (SSSR count). The lowest BCUT2D eigenvalue weighted by Crippen LogP contribution is -2.42. The molecule has 0 radical (unpaired) electrons. The zero-order valence-electron chi connectivity index (χ0n) is 14.0. The summed E-state index contributed by atoms with van der Waals surface area (Å²) in [5, 5.41) is 0. The molecule has 0 bridgehead atoms. The summed E-state index contributed by atoms with van der Waals surface area (Å²) < 4.78 is 2.08. The number of carbonyl (C=O) groups excluding carboxylic acids is 2. The van der Waals surface area contributed by atoms with Gasteiger partial charge >= 0.3 is 0 Å². The minimum Gasteiger partial charge on any atom is -0.335 e. The van der Waals surface area contributed by atoms with Crippen LogP contribution in [0.3, 0.4) is 0 Å². The maximum Gasteiger partial charge on any atom is 0.229 e. The third-order valence-corrected chi connectivity index (χ3v) is 4.56. The van der Waals surface area contributed by atoms with Crippen LogP contribution in [0.1, 0.15) is 38.3 Å². The average molecular weight is 316 g/mol. The molecule has 0 aromatic carbocycles. The van der Waals surface area contributed by atoms with Crippen molar-refractivity contribution in [2.45, 2.75) is 39.8 Å². The van der Waals surface area contributed by atoms with Gasteiger partial charge in [0.1, 0.15) is 5.82 Å². The zero-order valence-corrected chi connectivity index (χ0v) is 14.0. The van der Waals surface area contributed by atoms with E-state index in [1.54, 1.807) is 0 Å². The predicted molar refractivity (Wildman–Crippen MR) is 86.6 cm³/mol. The highest BCUT2D eigenvalue weighted by Gasteiger charge is 2.31. The Bertz CT molecular complexity index is 639. The number of imidazole rings is 1. The van der Waals surface area contributed by atoms with Crippen molar-refractivity contribution < 1.29 is 9.59 Å². The summed E-state index contributed by atoms with van der Waals surface area (Å²) in [6.07, 6.45) is 6.30. The van der Waals surface area contributed by atoms with Crippen LogP contribution in [0.5, 0.6) is 0 Å². The Kier molecular flexibility index (Phi) is 4.24. The maximum atomic E-state index is 12.3. The molecule has 6 nitrogen and oxygen atoms in total. The van der Waals surface area contributed by atoms with E-state index in [0.29, 0.717) is 26.1 Å². The van der Waals surface area contributed by atoms with Gasteiger partial charge < -0.3 is 14.4 Å². The normalized spacial score (nSPS) is 20.3. The second-order valence-corrected chi connectivity index (χ2v) is 6.59. The Morgan fingerprint density at radius 3 is 2.61 bits per heavy atom. The van der Waals surface area contributed by atoms with Gasteiger partial charge in [-0.25, -0.2) is 4.98 Å². The quantitative estimate of drug-likeness (QED) is 0.792. The summed E-state index contributed by atoms with van der Waals surface area (Å²) in [5.74, 6) is 1.14. The summed E-state index contributed by atoms with van der Waals surface area (Å²) in [6, 6.07) is -0.0454. The number of aromatic nitrogens is 2. The second-order valence-electron chi connectivity index (χ2n) is 6.59. The van der Waals surface area contributed by atoms with Crippen molar-refractivity contribution in [2.75, 3.05) is 19.6 Å². The van der Waals surface area contributed by atoms with E-state index in [2.05, 4.69) is 9.55 Å².